The average molecular weight is 421 g/mol. The van der Waals surface area contributed by atoms with E-state index in [4.69, 9.17) is 25.8 Å². The predicted molar refractivity (Wildman–Crippen MR) is 118 cm³/mol. The van der Waals surface area contributed by atoms with Crippen LogP contribution in [0.2, 0.25) is 5.02 Å². The van der Waals surface area contributed by atoms with Gasteiger partial charge >= 0.3 is 0 Å². The molecule has 0 saturated carbocycles. The Morgan fingerprint density at radius 3 is 2.30 bits per heavy atom. The Balaban J connectivity index is 1.52. The summed E-state index contributed by atoms with van der Waals surface area (Å²) < 4.78 is 16.7. The highest BCUT2D eigenvalue weighted by Crippen LogP contribution is 2.34. The van der Waals surface area contributed by atoms with Gasteiger partial charge in [-0.15, -0.1) is 0 Å². The van der Waals surface area contributed by atoms with Crippen molar-refractivity contribution < 1.29 is 14.2 Å². The summed E-state index contributed by atoms with van der Waals surface area (Å²) >= 11 is 5.93. The van der Waals surface area contributed by atoms with Gasteiger partial charge in [-0.25, -0.2) is 4.98 Å². The average Bonchev–Trinajstić information content (AvgIpc) is 3.28. The summed E-state index contributed by atoms with van der Waals surface area (Å²) in [7, 11) is 3.29. The maximum Gasteiger partial charge on any atom is 0.137 e. The summed E-state index contributed by atoms with van der Waals surface area (Å²) in [5.41, 5.74) is 3.79. The molecule has 4 rings (SSSR count). The van der Waals surface area contributed by atoms with Crippen LogP contribution in [-0.4, -0.2) is 24.2 Å². The second kappa shape index (κ2) is 8.93. The fourth-order valence-corrected chi connectivity index (χ4v) is 3.21. The topological polar surface area (TPSA) is 56.4 Å². The number of aromatic nitrogens is 2. The molecule has 6 heteroatoms. The Morgan fingerprint density at radius 2 is 1.60 bits per heavy atom. The van der Waals surface area contributed by atoms with Gasteiger partial charge in [-0.05, 0) is 54.1 Å². The number of rotatable bonds is 7. The molecule has 0 unspecified atom stereocenters. The number of imidazole rings is 1. The molecule has 0 saturated heterocycles. The van der Waals surface area contributed by atoms with Gasteiger partial charge in [-0.3, -0.25) is 0 Å². The Bertz CT molecular complexity index is 1120. The van der Waals surface area contributed by atoms with Crippen molar-refractivity contribution in [3.8, 4) is 39.9 Å². The van der Waals surface area contributed by atoms with Crippen LogP contribution in [0.4, 0.5) is 0 Å². The first-order valence-corrected chi connectivity index (χ1v) is 9.79. The van der Waals surface area contributed by atoms with E-state index < -0.39 is 0 Å². The number of H-pyrrole nitrogens is 1. The van der Waals surface area contributed by atoms with Crippen LogP contribution in [0.1, 0.15) is 5.56 Å². The second-order valence-corrected chi connectivity index (χ2v) is 7.09. The highest BCUT2D eigenvalue weighted by atomic mass is 35.5. The van der Waals surface area contributed by atoms with E-state index in [1.807, 2.05) is 66.7 Å². The molecule has 152 valence electrons. The predicted octanol–water partition coefficient (Wildman–Crippen LogP) is 5.99. The Kier molecular flexibility index (Phi) is 5.91. The third-order valence-corrected chi connectivity index (χ3v) is 4.97. The number of aromatic amines is 1. The van der Waals surface area contributed by atoms with Crippen molar-refractivity contribution in [2.45, 2.75) is 6.61 Å². The van der Waals surface area contributed by atoms with Gasteiger partial charge < -0.3 is 19.2 Å². The van der Waals surface area contributed by atoms with Crippen LogP contribution >= 0.6 is 11.6 Å². The largest absolute Gasteiger partial charge is 0.497 e. The number of hydrogen-bond donors (Lipinski definition) is 1. The van der Waals surface area contributed by atoms with Crippen molar-refractivity contribution >= 4 is 11.6 Å². The molecule has 5 nitrogen and oxygen atoms in total. The van der Waals surface area contributed by atoms with E-state index in [1.165, 1.54) is 0 Å². The van der Waals surface area contributed by atoms with Crippen LogP contribution in [0, 0.1) is 0 Å². The molecule has 1 N–H and O–H groups in total. The minimum absolute atomic E-state index is 0.450. The minimum Gasteiger partial charge on any atom is -0.497 e. The Hall–Kier alpha value is -3.44. The van der Waals surface area contributed by atoms with Crippen LogP contribution in [0.5, 0.6) is 17.2 Å². The Labute approximate surface area is 180 Å². The first-order chi connectivity index (χ1) is 14.7. The molecular weight excluding hydrogens is 400 g/mol. The van der Waals surface area contributed by atoms with E-state index in [2.05, 4.69) is 9.97 Å². The van der Waals surface area contributed by atoms with E-state index in [0.29, 0.717) is 17.4 Å². The maximum atomic E-state index is 5.93. The summed E-state index contributed by atoms with van der Waals surface area (Å²) in [5.74, 6) is 3.01. The monoisotopic (exact) mass is 420 g/mol. The normalized spacial score (nSPS) is 10.6. The van der Waals surface area contributed by atoms with Crippen molar-refractivity contribution in [2.75, 3.05) is 14.2 Å². The molecule has 0 aliphatic rings. The van der Waals surface area contributed by atoms with Gasteiger partial charge in [0.15, 0.2) is 0 Å². The highest BCUT2D eigenvalue weighted by Gasteiger charge is 2.12. The lowest BCUT2D eigenvalue weighted by Crippen LogP contribution is -1.96. The zero-order chi connectivity index (χ0) is 20.9. The van der Waals surface area contributed by atoms with Crippen LogP contribution < -0.4 is 14.2 Å². The fraction of sp³-hybridized carbons (Fsp3) is 0.125. The zero-order valence-corrected chi connectivity index (χ0v) is 17.4. The number of hydrogen-bond acceptors (Lipinski definition) is 4. The molecule has 0 atom stereocenters. The van der Waals surface area contributed by atoms with Gasteiger partial charge in [-0.2, -0.15) is 0 Å². The lowest BCUT2D eigenvalue weighted by atomic mass is 10.1. The maximum absolute atomic E-state index is 5.93. The molecule has 4 aromatic rings. The van der Waals surface area contributed by atoms with Crippen molar-refractivity contribution in [3.05, 3.63) is 83.5 Å². The van der Waals surface area contributed by atoms with Gasteiger partial charge in [0.2, 0.25) is 0 Å². The first kappa shape index (κ1) is 19.9. The van der Waals surface area contributed by atoms with Crippen molar-refractivity contribution in [3.63, 3.8) is 0 Å². The van der Waals surface area contributed by atoms with Crippen LogP contribution in [0.15, 0.2) is 72.9 Å². The number of methoxy groups -OCH3 is 2. The van der Waals surface area contributed by atoms with Crippen LogP contribution in [0.25, 0.3) is 22.6 Å². The molecule has 0 fully saturated rings. The third kappa shape index (κ3) is 4.42. The first-order valence-electron chi connectivity index (χ1n) is 9.41. The summed E-state index contributed by atoms with van der Waals surface area (Å²) in [6.45, 7) is 0.450. The standard InChI is InChI=1S/C24H21ClN2O3/c1-28-19-9-5-17(6-10-19)24-26-14-22(27-24)21-12-11-20(13-23(21)29-2)30-15-16-3-7-18(25)8-4-16/h3-14H,15H2,1-2H3,(H,26,27). The van der Waals surface area contributed by atoms with E-state index in [-0.39, 0.29) is 0 Å². The summed E-state index contributed by atoms with van der Waals surface area (Å²) in [5, 5.41) is 0.707. The number of nitrogens with one attached hydrogen (secondary N) is 1. The lowest BCUT2D eigenvalue weighted by molar-refractivity contribution is 0.304. The van der Waals surface area contributed by atoms with E-state index in [9.17, 15) is 0 Å². The van der Waals surface area contributed by atoms with Crippen molar-refractivity contribution in [1.82, 2.24) is 9.97 Å². The van der Waals surface area contributed by atoms with E-state index >= 15 is 0 Å². The minimum atomic E-state index is 0.450. The fourth-order valence-electron chi connectivity index (χ4n) is 3.08. The summed E-state index contributed by atoms with van der Waals surface area (Å²) in [6.07, 6.45) is 1.80. The molecule has 3 aromatic carbocycles. The summed E-state index contributed by atoms with van der Waals surface area (Å²) in [6, 6.07) is 21.1. The smallest absolute Gasteiger partial charge is 0.137 e. The SMILES string of the molecule is COc1ccc(-c2ncc(-c3ccc(OCc4ccc(Cl)cc4)cc3OC)[nH]2)cc1. The highest BCUT2D eigenvalue weighted by molar-refractivity contribution is 6.30. The molecule has 0 radical (unpaired) electrons. The lowest BCUT2D eigenvalue weighted by Gasteiger charge is -2.11. The number of benzene rings is 3. The van der Waals surface area contributed by atoms with Gasteiger partial charge in [0, 0.05) is 22.2 Å². The molecule has 0 bridgehead atoms. The molecule has 0 spiro atoms. The number of halogens is 1. The van der Waals surface area contributed by atoms with Gasteiger partial charge in [0.25, 0.3) is 0 Å². The van der Waals surface area contributed by atoms with E-state index in [0.717, 1.165) is 39.7 Å². The molecule has 1 aromatic heterocycles. The van der Waals surface area contributed by atoms with E-state index in [1.54, 1.807) is 20.4 Å². The van der Waals surface area contributed by atoms with Gasteiger partial charge in [-0.1, -0.05) is 23.7 Å². The van der Waals surface area contributed by atoms with Gasteiger partial charge in [0.05, 0.1) is 26.1 Å². The number of nitrogens with zero attached hydrogens (tertiary/aromatic N) is 1. The molecule has 0 aliphatic carbocycles. The molecular formula is C24H21ClN2O3. The molecule has 1 heterocycles. The zero-order valence-electron chi connectivity index (χ0n) is 16.7. The third-order valence-electron chi connectivity index (χ3n) is 4.72. The van der Waals surface area contributed by atoms with Crippen molar-refractivity contribution in [2.24, 2.45) is 0 Å². The van der Waals surface area contributed by atoms with Crippen LogP contribution in [-0.2, 0) is 6.61 Å². The quantitative estimate of drug-likeness (QED) is 0.398. The van der Waals surface area contributed by atoms with Crippen molar-refractivity contribution in [1.29, 1.82) is 0 Å². The van der Waals surface area contributed by atoms with Gasteiger partial charge in [0.1, 0.15) is 29.7 Å². The second-order valence-electron chi connectivity index (χ2n) is 6.65. The summed E-state index contributed by atoms with van der Waals surface area (Å²) in [4.78, 5) is 7.86. The molecule has 0 amide bonds. The Morgan fingerprint density at radius 1 is 0.867 bits per heavy atom. The molecule has 30 heavy (non-hydrogen) atoms. The van der Waals surface area contributed by atoms with Crippen LogP contribution in [0.3, 0.4) is 0 Å². The number of ether oxygens (including phenoxy) is 3. The molecule has 0 aliphatic heterocycles.